The zero-order valence-electron chi connectivity index (χ0n) is 15.1. The number of alkyl halides is 3. The number of carbonyl (C=O) groups excluding carboxylic acids is 1. The predicted molar refractivity (Wildman–Crippen MR) is 98.9 cm³/mol. The molecule has 0 spiro atoms. The average molecular weight is 400 g/mol. The number of aromatic nitrogens is 3. The highest BCUT2D eigenvalue weighted by Gasteiger charge is 2.30. The summed E-state index contributed by atoms with van der Waals surface area (Å²) in [6, 6.07) is 11.1. The minimum Gasteiger partial charge on any atom is -0.355 e. The maximum atomic E-state index is 12.9. The van der Waals surface area contributed by atoms with Crippen LogP contribution in [0.25, 0.3) is 22.2 Å². The van der Waals surface area contributed by atoms with Gasteiger partial charge in [-0.1, -0.05) is 17.3 Å². The Bertz CT molecular complexity index is 1180. The molecule has 6 nitrogen and oxygen atoms in total. The smallest absolute Gasteiger partial charge is 0.355 e. The SMILES string of the molecule is C[C@@H](NC(=O)c1cc(-c2ccc3[nH]ncc3c2)on1)c1cccc(C(F)(F)F)c1. The molecule has 0 unspecified atom stereocenters. The van der Waals surface area contributed by atoms with Crippen LogP contribution in [0.5, 0.6) is 0 Å². The summed E-state index contributed by atoms with van der Waals surface area (Å²) in [6.45, 7) is 1.60. The number of carbonyl (C=O) groups is 1. The van der Waals surface area contributed by atoms with E-state index >= 15 is 0 Å². The number of rotatable bonds is 4. The Morgan fingerprint density at radius 2 is 2.00 bits per heavy atom. The lowest BCUT2D eigenvalue weighted by Gasteiger charge is -2.15. The Kier molecular flexibility index (Phi) is 4.57. The van der Waals surface area contributed by atoms with Crippen molar-refractivity contribution >= 4 is 16.8 Å². The van der Waals surface area contributed by atoms with Crippen LogP contribution in [0.1, 0.15) is 34.6 Å². The fraction of sp³-hybridized carbons (Fsp3) is 0.150. The van der Waals surface area contributed by atoms with E-state index < -0.39 is 23.7 Å². The van der Waals surface area contributed by atoms with Crippen molar-refractivity contribution < 1.29 is 22.5 Å². The Morgan fingerprint density at radius 1 is 1.17 bits per heavy atom. The minimum absolute atomic E-state index is 0.0334. The van der Waals surface area contributed by atoms with Gasteiger partial charge in [0.1, 0.15) is 0 Å². The number of benzene rings is 2. The maximum Gasteiger partial charge on any atom is 0.416 e. The molecule has 1 atom stereocenters. The maximum absolute atomic E-state index is 12.9. The molecule has 2 aromatic carbocycles. The fourth-order valence-corrected chi connectivity index (χ4v) is 2.95. The number of aromatic amines is 1. The third kappa shape index (κ3) is 3.84. The zero-order valence-corrected chi connectivity index (χ0v) is 15.1. The number of fused-ring (bicyclic) bond motifs is 1. The van der Waals surface area contributed by atoms with E-state index in [1.54, 1.807) is 19.2 Å². The fourth-order valence-electron chi connectivity index (χ4n) is 2.95. The van der Waals surface area contributed by atoms with Crippen molar-refractivity contribution in [2.75, 3.05) is 0 Å². The molecule has 2 aromatic heterocycles. The van der Waals surface area contributed by atoms with Gasteiger partial charge in [-0.05, 0) is 42.8 Å². The number of H-pyrrole nitrogens is 1. The molecular weight excluding hydrogens is 385 g/mol. The van der Waals surface area contributed by atoms with Gasteiger partial charge < -0.3 is 9.84 Å². The molecule has 148 valence electrons. The summed E-state index contributed by atoms with van der Waals surface area (Å²) in [5.74, 6) is -0.153. The van der Waals surface area contributed by atoms with Crippen LogP contribution in [-0.2, 0) is 6.18 Å². The Morgan fingerprint density at radius 3 is 2.79 bits per heavy atom. The molecule has 0 aliphatic carbocycles. The Labute approximate surface area is 162 Å². The van der Waals surface area contributed by atoms with Crippen molar-refractivity contribution in [1.29, 1.82) is 0 Å². The van der Waals surface area contributed by atoms with Crippen LogP contribution in [0.15, 0.2) is 59.3 Å². The molecule has 0 aliphatic rings. The van der Waals surface area contributed by atoms with Crippen molar-refractivity contribution in [2.24, 2.45) is 0 Å². The normalized spacial score (nSPS) is 12.8. The van der Waals surface area contributed by atoms with Gasteiger partial charge >= 0.3 is 6.18 Å². The van der Waals surface area contributed by atoms with Gasteiger partial charge in [-0.3, -0.25) is 9.89 Å². The average Bonchev–Trinajstić information content (AvgIpc) is 3.36. The van der Waals surface area contributed by atoms with E-state index in [9.17, 15) is 18.0 Å². The quantitative estimate of drug-likeness (QED) is 0.519. The highest BCUT2D eigenvalue weighted by Crippen LogP contribution is 2.31. The van der Waals surface area contributed by atoms with Crippen LogP contribution in [-0.4, -0.2) is 21.3 Å². The molecule has 29 heavy (non-hydrogen) atoms. The number of amides is 1. The van der Waals surface area contributed by atoms with E-state index in [0.717, 1.165) is 28.6 Å². The molecule has 0 bridgehead atoms. The molecule has 1 amide bonds. The summed E-state index contributed by atoms with van der Waals surface area (Å²) in [6.07, 6.45) is -2.78. The number of nitrogens with zero attached hydrogens (tertiary/aromatic N) is 2. The van der Waals surface area contributed by atoms with Crippen LogP contribution in [0.2, 0.25) is 0 Å². The van der Waals surface area contributed by atoms with Gasteiger partial charge in [-0.15, -0.1) is 0 Å². The molecule has 0 saturated heterocycles. The van der Waals surface area contributed by atoms with Crippen molar-refractivity contribution in [2.45, 2.75) is 19.1 Å². The highest BCUT2D eigenvalue weighted by atomic mass is 19.4. The number of hydrogen-bond acceptors (Lipinski definition) is 4. The molecular formula is C20H15F3N4O2. The Hall–Kier alpha value is -3.62. The molecule has 0 fully saturated rings. The molecule has 0 saturated carbocycles. The summed E-state index contributed by atoms with van der Waals surface area (Å²) in [5.41, 5.74) is 1.18. The van der Waals surface area contributed by atoms with Gasteiger partial charge in [0.25, 0.3) is 5.91 Å². The van der Waals surface area contributed by atoms with E-state index in [0.29, 0.717) is 11.3 Å². The summed E-state index contributed by atoms with van der Waals surface area (Å²) >= 11 is 0. The standard InChI is InChI=1S/C20H15F3N4O2/c1-11(12-3-2-4-15(8-12)20(21,22)23)25-19(28)17-9-18(29-27-17)13-5-6-16-14(7-13)10-24-26-16/h2-11H,1H3,(H,24,26)(H,25,28)/t11-/m1/s1. The number of hydrogen-bond donors (Lipinski definition) is 2. The molecule has 4 aromatic rings. The van der Waals surface area contributed by atoms with Gasteiger partial charge in [0.05, 0.1) is 23.3 Å². The highest BCUT2D eigenvalue weighted by molar-refractivity contribution is 5.93. The lowest BCUT2D eigenvalue weighted by atomic mass is 10.0. The van der Waals surface area contributed by atoms with Crippen LogP contribution in [0.4, 0.5) is 13.2 Å². The lowest BCUT2D eigenvalue weighted by molar-refractivity contribution is -0.137. The molecule has 0 aliphatic heterocycles. The topological polar surface area (TPSA) is 83.8 Å². The molecule has 4 rings (SSSR count). The third-order valence-electron chi connectivity index (χ3n) is 4.53. The van der Waals surface area contributed by atoms with Gasteiger partial charge in [0.15, 0.2) is 11.5 Å². The van der Waals surface area contributed by atoms with E-state index in [-0.39, 0.29) is 5.69 Å². The van der Waals surface area contributed by atoms with E-state index in [1.807, 2.05) is 12.1 Å². The van der Waals surface area contributed by atoms with Crippen LogP contribution < -0.4 is 5.32 Å². The summed E-state index contributed by atoms with van der Waals surface area (Å²) in [5, 5.41) is 14.1. The first-order valence-electron chi connectivity index (χ1n) is 8.69. The molecule has 2 N–H and O–H groups in total. The van der Waals surface area contributed by atoms with E-state index in [2.05, 4.69) is 20.7 Å². The molecule has 2 heterocycles. The van der Waals surface area contributed by atoms with Crippen LogP contribution in [0, 0.1) is 0 Å². The largest absolute Gasteiger partial charge is 0.416 e. The monoisotopic (exact) mass is 400 g/mol. The molecule has 0 radical (unpaired) electrons. The van der Waals surface area contributed by atoms with Crippen LogP contribution in [0.3, 0.4) is 0 Å². The van der Waals surface area contributed by atoms with E-state index in [4.69, 9.17) is 4.52 Å². The second kappa shape index (κ2) is 7.08. The van der Waals surface area contributed by atoms with Crippen molar-refractivity contribution in [3.63, 3.8) is 0 Å². The Balaban J connectivity index is 1.50. The first-order valence-corrected chi connectivity index (χ1v) is 8.69. The predicted octanol–water partition coefficient (Wildman–Crippen LogP) is 4.73. The van der Waals surface area contributed by atoms with Crippen molar-refractivity contribution in [3.8, 4) is 11.3 Å². The first-order chi connectivity index (χ1) is 13.8. The second-order valence-electron chi connectivity index (χ2n) is 6.57. The van der Waals surface area contributed by atoms with Crippen molar-refractivity contribution in [3.05, 3.63) is 71.5 Å². The molecule has 9 heteroatoms. The van der Waals surface area contributed by atoms with Gasteiger partial charge in [-0.25, -0.2) is 0 Å². The summed E-state index contributed by atoms with van der Waals surface area (Å²) in [7, 11) is 0. The summed E-state index contributed by atoms with van der Waals surface area (Å²) < 4.78 is 43.9. The number of nitrogens with one attached hydrogen (secondary N) is 2. The van der Waals surface area contributed by atoms with Gasteiger partial charge in [-0.2, -0.15) is 18.3 Å². The van der Waals surface area contributed by atoms with E-state index in [1.165, 1.54) is 18.2 Å². The second-order valence-corrected chi connectivity index (χ2v) is 6.57. The van der Waals surface area contributed by atoms with Crippen molar-refractivity contribution in [1.82, 2.24) is 20.7 Å². The van der Waals surface area contributed by atoms with Crippen LogP contribution >= 0.6 is 0 Å². The zero-order chi connectivity index (χ0) is 20.6. The lowest BCUT2D eigenvalue weighted by Crippen LogP contribution is -2.27. The van der Waals surface area contributed by atoms with Gasteiger partial charge in [0.2, 0.25) is 0 Å². The number of halogens is 3. The summed E-state index contributed by atoms with van der Waals surface area (Å²) in [4.78, 5) is 12.5. The van der Waals surface area contributed by atoms with Gasteiger partial charge in [0, 0.05) is 17.0 Å². The first kappa shape index (κ1) is 18.7. The third-order valence-corrected chi connectivity index (χ3v) is 4.53. The minimum atomic E-state index is -4.45.